The maximum absolute atomic E-state index is 12.6. The van der Waals surface area contributed by atoms with Crippen LogP contribution in [0.4, 0.5) is 5.69 Å². The molecule has 0 bridgehead atoms. The molecule has 1 aliphatic heterocycles. The molecule has 1 atom stereocenters. The van der Waals surface area contributed by atoms with E-state index in [1.54, 1.807) is 29.5 Å². The second-order valence-corrected chi connectivity index (χ2v) is 8.59. The number of amides is 2. The lowest BCUT2D eigenvalue weighted by Crippen LogP contribution is -2.43. The molecule has 166 valence electrons. The molecule has 0 spiro atoms. The molecule has 1 unspecified atom stereocenters. The third-order valence-electron chi connectivity index (χ3n) is 5.57. The number of ether oxygens (including phenoxy) is 1. The van der Waals surface area contributed by atoms with E-state index in [1.165, 1.54) is 16.0 Å². The van der Waals surface area contributed by atoms with Gasteiger partial charge >= 0.3 is 11.8 Å². The zero-order valence-electron chi connectivity index (χ0n) is 18.0. The molecule has 0 aliphatic carbocycles. The highest BCUT2D eigenvalue weighted by Crippen LogP contribution is 2.30. The Kier molecular flexibility index (Phi) is 7.19. The van der Waals surface area contributed by atoms with Gasteiger partial charge in [0.25, 0.3) is 0 Å². The molecular formula is C25H27N3O3S. The van der Waals surface area contributed by atoms with E-state index in [0.29, 0.717) is 24.6 Å². The van der Waals surface area contributed by atoms with Crippen molar-refractivity contribution in [3.8, 4) is 5.75 Å². The lowest BCUT2D eigenvalue weighted by atomic mass is 9.98. The predicted molar refractivity (Wildman–Crippen MR) is 127 cm³/mol. The topological polar surface area (TPSA) is 70.7 Å². The summed E-state index contributed by atoms with van der Waals surface area (Å²) in [5.41, 5.74) is 3.18. The number of nitrogens with zero attached hydrogens (tertiary/aromatic N) is 1. The average molecular weight is 450 g/mol. The molecule has 2 amide bonds. The van der Waals surface area contributed by atoms with Gasteiger partial charge in [-0.2, -0.15) is 0 Å². The largest absolute Gasteiger partial charge is 0.492 e. The van der Waals surface area contributed by atoms with E-state index in [0.717, 1.165) is 19.5 Å². The van der Waals surface area contributed by atoms with Crippen molar-refractivity contribution in [2.45, 2.75) is 25.9 Å². The summed E-state index contributed by atoms with van der Waals surface area (Å²) >= 11 is 1.67. The van der Waals surface area contributed by atoms with Crippen LogP contribution in [0.3, 0.4) is 0 Å². The van der Waals surface area contributed by atoms with Gasteiger partial charge in [-0.05, 0) is 48.1 Å². The molecule has 32 heavy (non-hydrogen) atoms. The van der Waals surface area contributed by atoms with E-state index in [2.05, 4.69) is 45.9 Å². The van der Waals surface area contributed by atoms with E-state index >= 15 is 0 Å². The van der Waals surface area contributed by atoms with Gasteiger partial charge in [-0.25, -0.2) is 0 Å². The zero-order valence-corrected chi connectivity index (χ0v) is 18.9. The normalized spacial score (nSPS) is 14.3. The van der Waals surface area contributed by atoms with Crippen molar-refractivity contribution in [2.75, 3.05) is 25.0 Å². The first-order valence-electron chi connectivity index (χ1n) is 10.8. The molecule has 3 aromatic rings. The van der Waals surface area contributed by atoms with Crippen LogP contribution in [0, 0.1) is 0 Å². The molecule has 2 aromatic carbocycles. The van der Waals surface area contributed by atoms with E-state index in [9.17, 15) is 9.59 Å². The smallest absolute Gasteiger partial charge is 0.313 e. The van der Waals surface area contributed by atoms with Crippen molar-refractivity contribution in [1.82, 2.24) is 10.2 Å². The highest BCUT2D eigenvalue weighted by Gasteiger charge is 2.27. The van der Waals surface area contributed by atoms with Gasteiger partial charge in [0.05, 0.1) is 18.3 Å². The van der Waals surface area contributed by atoms with Crippen LogP contribution in [-0.4, -0.2) is 36.4 Å². The summed E-state index contributed by atoms with van der Waals surface area (Å²) in [6, 6.07) is 19.7. The number of rotatable bonds is 7. The molecule has 0 saturated carbocycles. The highest BCUT2D eigenvalue weighted by molar-refractivity contribution is 7.10. The van der Waals surface area contributed by atoms with Gasteiger partial charge in [0, 0.05) is 24.5 Å². The Balaban J connectivity index is 1.41. The standard InChI is InChI=1S/C25H27N3O3S/c1-2-31-22-11-6-5-10-20(22)27-25(30)24(29)26-16-21(23-12-7-15-32-23)28-14-13-18-8-3-4-9-19(18)17-28/h3-12,15,21H,2,13-14,16-17H2,1H3,(H,26,29)(H,27,30). The average Bonchev–Trinajstić information content (AvgIpc) is 3.35. The molecule has 6 nitrogen and oxygen atoms in total. The minimum atomic E-state index is -0.703. The Morgan fingerprint density at radius 2 is 1.81 bits per heavy atom. The Morgan fingerprint density at radius 1 is 1.03 bits per heavy atom. The monoisotopic (exact) mass is 449 g/mol. The summed E-state index contributed by atoms with van der Waals surface area (Å²) < 4.78 is 5.52. The fourth-order valence-electron chi connectivity index (χ4n) is 3.97. The number of anilines is 1. The van der Waals surface area contributed by atoms with Gasteiger partial charge in [0.1, 0.15) is 5.75 Å². The predicted octanol–water partition coefficient (Wildman–Crippen LogP) is 4.00. The number of thiophene rings is 1. The minimum absolute atomic E-state index is 0.0100. The van der Waals surface area contributed by atoms with E-state index in [-0.39, 0.29) is 6.04 Å². The highest BCUT2D eigenvalue weighted by atomic mass is 32.1. The van der Waals surface area contributed by atoms with Crippen LogP contribution in [0.2, 0.25) is 0 Å². The van der Waals surface area contributed by atoms with Gasteiger partial charge in [-0.15, -0.1) is 11.3 Å². The van der Waals surface area contributed by atoms with Crippen LogP contribution in [0.5, 0.6) is 5.75 Å². The number of carbonyl (C=O) groups is 2. The number of fused-ring (bicyclic) bond motifs is 1. The van der Waals surface area contributed by atoms with Crippen LogP contribution < -0.4 is 15.4 Å². The van der Waals surface area contributed by atoms with E-state index in [4.69, 9.17) is 4.74 Å². The second-order valence-electron chi connectivity index (χ2n) is 7.61. The maximum Gasteiger partial charge on any atom is 0.313 e. The first kappa shape index (κ1) is 22.0. The van der Waals surface area contributed by atoms with E-state index < -0.39 is 11.8 Å². The van der Waals surface area contributed by atoms with Crippen molar-refractivity contribution in [2.24, 2.45) is 0 Å². The van der Waals surface area contributed by atoms with Crippen LogP contribution in [0.1, 0.15) is 29.0 Å². The zero-order chi connectivity index (χ0) is 22.3. The molecule has 0 fully saturated rings. The lowest BCUT2D eigenvalue weighted by molar-refractivity contribution is -0.136. The Morgan fingerprint density at radius 3 is 2.59 bits per heavy atom. The molecule has 2 N–H and O–H groups in total. The molecular weight excluding hydrogens is 422 g/mol. The van der Waals surface area contributed by atoms with Crippen LogP contribution in [0.25, 0.3) is 0 Å². The minimum Gasteiger partial charge on any atom is -0.492 e. The molecule has 2 heterocycles. The molecule has 1 aliphatic rings. The SMILES string of the molecule is CCOc1ccccc1NC(=O)C(=O)NCC(c1cccs1)N1CCc2ccccc2C1. The van der Waals surface area contributed by atoms with Crippen LogP contribution in [-0.2, 0) is 22.6 Å². The van der Waals surface area contributed by atoms with Crippen molar-refractivity contribution in [3.63, 3.8) is 0 Å². The Hall–Kier alpha value is -3.16. The summed E-state index contributed by atoms with van der Waals surface area (Å²) in [6.07, 6.45) is 0.973. The lowest BCUT2D eigenvalue weighted by Gasteiger charge is -2.35. The van der Waals surface area contributed by atoms with Gasteiger partial charge < -0.3 is 15.4 Å². The third-order valence-corrected chi connectivity index (χ3v) is 6.54. The second kappa shape index (κ2) is 10.4. The van der Waals surface area contributed by atoms with Crippen molar-refractivity contribution >= 4 is 28.8 Å². The summed E-state index contributed by atoms with van der Waals surface area (Å²) in [7, 11) is 0. The summed E-state index contributed by atoms with van der Waals surface area (Å²) in [5.74, 6) is -0.819. The van der Waals surface area contributed by atoms with E-state index in [1.807, 2.05) is 24.4 Å². The summed E-state index contributed by atoms with van der Waals surface area (Å²) in [4.78, 5) is 28.7. The first-order chi connectivity index (χ1) is 15.7. The van der Waals surface area contributed by atoms with Gasteiger partial charge in [0.15, 0.2) is 0 Å². The Labute approximate surface area is 192 Å². The number of nitrogens with one attached hydrogen (secondary N) is 2. The van der Waals surface area contributed by atoms with Crippen LogP contribution in [0.15, 0.2) is 66.0 Å². The molecule has 0 radical (unpaired) electrons. The quantitative estimate of drug-likeness (QED) is 0.535. The fourth-order valence-corrected chi connectivity index (χ4v) is 4.83. The molecule has 4 rings (SSSR count). The molecule has 1 aromatic heterocycles. The maximum atomic E-state index is 12.6. The number of hydrogen-bond donors (Lipinski definition) is 2. The number of para-hydroxylation sites is 2. The van der Waals surface area contributed by atoms with Crippen molar-refractivity contribution < 1.29 is 14.3 Å². The molecule has 0 saturated heterocycles. The van der Waals surface area contributed by atoms with Gasteiger partial charge in [-0.1, -0.05) is 42.5 Å². The number of hydrogen-bond acceptors (Lipinski definition) is 5. The number of carbonyl (C=O) groups excluding carboxylic acids is 2. The first-order valence-corrected chi connectivity index (χ1v) is 11.7. The van der Waals surface area contributed by atoms with Crippen molar-refractivity contribution in [3.05, 3.63) is 82.0 Å². The van der Waals surface area contributed by atoms with Gasteiger partial charge in [0.2, 0.25) is 0 Å². The summed E-state index contributed by atoms with van der Waals surface area (Å²) in [6.45, 7) is 4.43. The van der Waals surface area contributed by atoms with Gasteiger partial charge in [-0.3, -0.25) is 14.5 Å². The fraction of sp³-hybridized carbons (Fsp3) is 0.280. The van der Waals surface area contributed by atoms with Crippen LogP contribution >= 0.6 is 11.3 Å². The third kappa shape index (κ3) is 5.18. The summed E-state index contributed by atoms with van der Waals surface area (Å²) in [5, 5.41) is 7.54. The molecule has 7 heteroatoms. The Bertz CT molecular complexity index is 1070. The van der Waals surface area contributed by atoms with Crippen molar-refractivity contribution in [1.29, 1.82) is 0 Å². The number of benzene rings is 2.